The van der Waals surface area contributed by atoms with Gasteiger partial charge in [0.05, 0.1) is 5.69 Å². The summed E-state index contributed by atoms with van der Waals surface area (Å²) in [5.74, 6) is -1.12. The molecule has 4 nitrogen and oxygen atoms in total. The molecule has 0 aliphatic heterocycles. The molecule has 2 aromatic rings. The van der Waals surface area contributed by atoms with Gasteiger partial charge < -0.3 is 10.8 Å². The molecule has 1 aromatic heterocycles. The van der Waals surface area contributed by atoms with E-state index >= 15 is 0 Å². The van der Waals surface area contributed by atoms with Crippen molar-refractivity contribution >= 4 is 27.6 Å². The van der Waals surface area contributed by atoms with Crippen LogP contribution < -0.4 is 5.73 Å². The number of rotatable bonds is 2. The molecule has 3 N–H and O–H groups in total. The van der Waals surface area contributed by atoms with E-state index < -0.39 is 5.97 Å². The van der Waals surface area contributed by atoms with Gasteiger partial charge in [-0.2, -0.15) is 0 Å². The molecule has 0 atom stereocenters. The van der Waals surface area contributed by atoms with Crippen molar-refractivity contribution in [1.82, 2.24) is 4.98 Å². The number of nitrogens with two attached hydrogens (primary N) is 1. The van der Waals surface area contributed by atoms with Gasteiger partial charge in [-0.05, 0) is 23.8 Å². The van der Waals surface area contributed by atoms with Crippen LogP contribution in [0.2, 0.25) is 0 Å². The molecule has 5 heteroatoms. The normalized spacial score (nSPS) is 10.2. The molecule has 0 aliphatic carbocycles. The molecule has 0 fully saturated rings. The highest BCUT2D eigenvalue weighted by Gasteiger charge is 2.10. The minimum atomic E-state index is -1.12. The maximum absolute atomic E-state index is 10.8. The Morgan fingerprint density at radius 2 is 2.06 bits per heavy atom. The maximum Gasteiger partial charge on any atom is 0.356 e. The number of carboxylic acids is 1. The number of carbonyl (C=O) groups is 1. The smallest absolute Gasteiger partial charge is 0.356 e. The van der Waals surface area contributed by atoms with Crippen molar-refractivity contribution in [2.75, 3.05) is 5.73 Å². The van der Waals surface area contributed by atoms with Gasteiger partial charge in [0.1, 0.15) is 0 Å². The van der Waals surface area contributed by atoms with Crippen LogP contribution in [0.5, 0.6) is 0 Å². The Kier molecular flexibility index (Phi) is 3.10. The lowest BCUT2D eigenvalue weighted by molar-refractivity contribution is 0.0692. The molecular weight excluding hydrogens is 284 g/mol. The summed E-state index contributed by atoms with van der Waals surface area (Å²) in [4.78, 5) is 14.6. The number of anilines is 1. The standard InChI is InChI=1S/C12H9BrN2O2/c13-9-3-1-2-7(4-9)8-5-10(14)11(12(16)17)15-6-8/h1-6H,14H2,(H,16,17). The number of aromatic nitrogens is 1. The zero-order valence-electron chi connectivity index (χ0n) is 8.72. The number of aromatic carboxylic acids is 1. The fourth-order valence-electron chi connectivity index (χ4n) is 1.49. The lowest BCUT2D eigenvalue weighted by Gasteiger charge is -2.05. The van der Waals surface area contributed by atoms with E-state index in [-0.39, 0.29) is 11.4 Å². The van der Waals surface area contributed by atoms with Gasteiger partial charge in [0.15, 0.2) is 5.69 Å². The number of hydrogen-bond acceptors (Lipinski definition) is 3. The zero-order valence-corrected chi connectivity index (χ0v) is 10.3. The third-order valence-electron chi connectivity index (χ3n) is 2.28. The van der Waals surface area contributed by atoms with Crippen LogP contribution in [-0.2, 0) is 0 Å². The Labute approximate surface area is 106 Å². The first kappa shape index (κ1) is 11.6. The fourth-order valence-corrected chi connectivity index (χ4v) is 1.89. The van der Waals surface area contributed by atoms with E-state index in [0.29, 0.717) is 0 Å². The molecule has 0 aliphatic rings. The number of benzene rings is 1. The van der Waals surface area contributed by atoms with Gasteiger partial charge >= 0.3 is 5.97 Å². The third-order valence-corrected chi connectivity index (χ3v) is 2.77. The average Bonchev–Trinajstić information content (AvgIpc) is 2.28. The number of carboxylic acid groups (broad SMARTS) is 1. The van der Waals surface area contributed by atoms with E-state index in [1.807, 2.05) is 24.3 Å². The van der Waals surface area contributed by atoms with Gasteiger partial charge in [-0.15, -0.1) is 0 Å². The largest absolute Gasteiger partial charge is 0.476 e. The van der Waals surface area contributed by atoms with Crippen LogP contribution in [0.15, 0.2) is 41.0 Å². The molecule has 0 unspecified atom stereocenters. The highest BCUT2D eigenvalue weighted by atomic mass is 79.9. The molecular formula is C12H9BrN2O2. The van der Waals surface area contributed by atoms with Crippen molar-refractivity contribution < 1.29 is 9.90 Å². The molecule has 2 rings (SSSR count). The first-order valence-corrected chi connectivity index (χ1v) is 5.62. The van der Waals surface area contributed by atoms with Gasteiger partial charge in [0.25, 0.3) is 0 Å². The van der Waals surface area contributed by atoms with Gasteiger partial charge in [0, 0.05) is 16.2 Å². The monoisotopic (exact) mass is 292 g/mol. The summed E-state index contributed by atoms with van der Waals surface area (Å²) >= 11 is 3.37. The van der Waals surface area contributed by atoms with Crippen LogP contribution >= 0.6 is 15.9 Å². The second-order valence-electron chi connectivity index (χ2n) is 3.48. The van der Waals surface area contributed by atoms with E-state index in [2.05, 4.69) is 20.9 Å². The summed E-state index contributed by atoms with van der Waals surface area (Å²) in [6.45, 7) is 0. The lowest BCUT2D eigenvalue weighted by Crippen LogP contribution is -2.05. The molecule has 86 valence electrons. The number of nitrogens with zero attached hydrogens (tertiary/aromatic N) is 1. The van der Waals surface area contributed by atoms with Crippen molar-refractivity contribution in [3.05, 3.63) is 46.7 Å². The highest BCUT2D eigenvalue weighted by Crippen LogP contribution is 2.24. The molecule has 1 aromatic carbocycles. The highest BCUT2D eigenvalue weighted by molar-refractivity contribution is 9.10. The summed E-state index contributed by atoms with van der Waals surface area (Å²) in [5, 5.41) is 8.82. The minimum Gasteiger partial charge on any atom is -0.476 e. The Bertz CT molecular complexity index is 584. The molecule has 0 saturated heterocycles. The molecule has 1 heterocycles. The van der Waals surface area contributed by atoms with Gasteiger partial charge in [-0.25, -0.2) is 9.78 Å². The molecule has 17 heavy (non-hydrogen) atoms. The quantitative estimate of drug-likeness (QED) is 0.892. The van der Waals surface area contributed by atoms with Crippen LogP contribution in [0, 0.1) is 0 Å². The van der Waals surface area contributed by atoms with Crippen molar-refractivity contribution in [2.45, 2.75) is 0 Å². The Balaban J connectivity index is 2.48. The number of halogens is 1. The van der Waals surface area contributed by atoms with Crippen LogP contribution in [0.25, 0.3) is 11.1 Å². The van der Waals surface area contributed by atoms with E-state index in [0.717, 1.165) is 15.6 Å². The molecule has 0 bridgehead atoms. The topological polar surface area (TPSA) is 76.2 Å². The predicted octanol–water partition coefficient (Wildman–Crippen LogP) is 2.79. The average molecular weight is 293 g/mol. The SMILES string of the molecule is Nc1cc(-c2cccc(Br)c2)cnc1C(=O)O. The number of pyridine rings is 1. The molecule has 0 amide bonds. The number of hydrogen-bond donors (Lipinski definition) is 2. The van der Waals surface area contributed by atoms with Gasteiger partial charge in [0.2, 0.25) is 0 Å². The Hall–Kier alpha value is -1.88. The summed E-state index contributed by atoms with van der Waals surface area (Å²) in [5.41, 5.74) is 7.40. The predicted molar refractivity (Wildman–Crippen MR) is 68.7 cm³/mol. The maximum atomic E-state index is 10.8. The minimum absolute atomic E-state index is 0.122. The number of nitrogen functional groups attached to an aromatic ring is 1. The van der Waals surface area contributed by atoms with Gasteiger partial charge in [-0.3, -0.25) is 0 Å². The van der Waals surface area contributed by atoms with Crippen LogP contribution in [-0.4, -0.2) is 16.1 Å². The lowest BCUT2D eigenvalue weighted by atomic mass is 10.1. The van der Waals surface area contributed by atoms with Crippen LogP contribution in [0.1, 0.15) is 10.5 Å². The molecule has 0 spiro atoms. The third kappa shape index (κ3) is 2.45. The van der Waals surface area contributed by atoms with Gasteiger partial charge in [-0.1, -0.05) is 28.1 Å². The summed E-state index contributed by atoms with van der Waals surface area (Å²) < 4.78 is 0.941. The second-order valence-corrected chi connectivity index (χ2v) is 4.39. The second kappa shape index (κ2) is 4.55. The van der Waals surface area contributed by atoms with E-state index in [4.69, 9.17) is 10.8 Å². The molecule has 0 saturated carbocycles. The summed E-state index contributed by atoms with van der Waals surface area (Å²) in [6, 6.07) is 9.23. The van der Waals surface area contributed by atoms with Crippen LogP contribution in [0.4, 0.5) is 5.69 Å². The van der Waals surface area contributed by atoms with Crippen molar-refractivity contribution in [1.29, 1.82) is 0 Å². The summed E-state index contributed by atoms with van der Waals surface area (Å²) in [7, 11) is 0. The van der Waals surface area contributed by atoms with Crippen molar-refractivity contribution in [3.63, 3.8) is 0 Å². The van der Waals surface area contributed by atoms with E-state index in [9.17, 15) is 4.79 Å². The zero-order chi connectivity index (χ0) is 12.4. The van der Waals surface area contributed by atoms with Crippen molar-refractivity contribution in [2.24, 2.45) is 0 Å². The van der Waals surface area contributed by atoms with Crippen LogP contribution in [0.3, 0.4) is 0 Å². The van der Waals surface area contributed by atoms with E-state index in [1.165, 1.54) is 6.20 Å². The first-order valence-electron chi connectivity index (χ1n) is 4.82. The van der Waals surface area contributed by atoms with Crippen molar-refractivity contribution in [3.8, 4) is 11.1 Å². The Morgan fingerprint density at radius 3 is 2.65 bits per heavy atom. The summed E-state index contributed by atoms with van der Waals surface area (Å²) in [6.07, 6.45) is 1.50. The Morgan fingerprint density at radius 1 is 1.29 bits per heavy atom. The molecule has 0 radical (unpaired) electrons. The van der Waals surface area contributed by atoms with E-state index in [1.54, 1.807) is 6.07 Å². The first-order chi connectivity index (χ1) is 8.08. The fraction of sp³-hybridized carbons (Fsp3) is 0.